The molecular formula is C20H40IN5O2. The van der Waals surface area contributed by atoms with E-state index in [1.54, 1.807) is 4.90 Å². The molecule has 0 unspecified atom stereocenters. The summed E-state index contributed by atoms with van der Waals surface area (Å²) in [5, 5.41) is 6.81. The molecule has 164 valence electrons. The van der Waals surface area contributed by atoms with Crippen LogP contribution in [0.1, 0.15) is 71.1 Å². The van der Waals surface area contributed by atoms with Crippen molar-refractivity contribution in [1.82, 2.24) is 15.5 Å². The van der Waals surface area contributed by atoms with E-state index in [0.717, 1.165) is 51.3 Å². The van der Waals surface area contributed by atoms with Crippen molar-refractivity contribution in [3.8, 4) is 0 Å². The lowest BCUT2D eigenvalue weighted by Crippen LogP contribution is -2.50. The quantitative estimate of drug-likeness (QED) is 0.154. The van der Waals surface area contributed by atoms with Crippen molar-refractivity contribution < 1.29 is 9.53 Å². The molecule has 8 heteroatoms. The van der Waals surface area contributed by atoms with E-state index in [2.05, 4.69) is 17.6 Å². The summed E-state index contributed by atoms with van der Waals surface area (Å²) in [6.07, 6.45) is 12.3. The zero-order chi connectivity index (χ0) is 19.3. The number of guanidine groups is 1. The van der Waals surface area contributed by atoms with Crippen LogP contribution in [0.4, 0.5) is 4.79 Å². The zero-order valence-corrected chi connectivity index (χ0v) is 19.8. The molecule has 1 aliphatic carbocycles. The Morgan fingerprint density at radius 3 is 2.39 bits per heavy atom. The fourth-order valence-corrected chi connectivity index (χ4v) is 3.82. The summed E-state index contributed by atoms with van der Waals surface area (Å²) in [4.78, 5) is 17.6. The van der Waals surface area contributed by atoms with Crippen LogP contribution in [0.5, 0.6) is 0 Å². The van der Waals surface area contributed by atoms with E-state index in [9.17, 15) is 4.79 Å². The smallest absolute Gasteiger partial charge is 0.314 e. The zero-order valence-electron chi connectivity index (χ0n) is 17.5. The number of carbonyl (C=O) groups is 1. The first-order valence-corrected chi connectivity index (χ1v) is 10.9. The highest BCUT2D eigenvalue weighted by Gasteiger charge is 2.21. The van der Waals surface area contributed by atoms with Gasteiger partial charge in [-0.1, -0.05) is 25.7 Å². The van der Waals surface area contributed by atoms with Crippen molar-refractivity contribution in [2.75, 3.05) is 32.8 Å². The topological polar surface area (TPSA) is 92.0 Å². The molecule has 0 aromatic heterocycles. The second-order valence-electron chi connectivity index (χ2n) is 7.70. The molecule has 4 N–H and O–H groups in total. The molecule has 1 saturated carbocycles. The molecule has 0 bridgehead atoms. The third kappa shape index (κ3) is 10.1. The molecule has 2 aliphatic rings. The van der Waals surface area contributed by atoms with Gasteiger partial charge in [-0.25, -0.2) is 4.79 Å². The van der Waals surface area contributed by atoms with Crippen LogP contribution < -0.4 is 16.4 Å². The number of primary amides is 1. The number of ether oxygens (including phenoxy) is 1. The fourth-order valence-electron chi connectivity index (χ4n) is 3.82. The van der Waals surface area contributed by atoms with E-state index in [1.165, 1.54) is 38.5 Å². The normalized spacial score (nSPS) is 19.6. The lowest BCUT2D eigenvalue weighted by Gasteiger charge is -2.32. The van der Waals surface area contributed by atoms with Crippen molar-refractivity contribution >= 4 is 36.0 Å². The second kappa shape index (κ2) is 15.1. The summed E-state index contributed by atoms with van der Waals surface area (Å²) < 4.78 is 6.05. The summed E-state index contributed by atoms with van der Waals surface area (Å²) in [7, 11) is 0. The van der Waals surface area contributed by atoms with Crippen molar-refractivity contribution in [2.45, 2.75) is 83.3 Å². The number of nitrogens with zero attached hydrogens (tertiary/aromatic N) is 2. The molecule has 0 spiro atoms. The maximum absolute atomic E-state index is 11.2. The summed E-state index contributed by atoms with van der Waals surface area (Å²) in [6, 6.07) is 0.0251. The number of nitrogens with two attached hydrogens (primary N) is 1. The standard InChI is InChI=1S/C20H39N5O2.HI/c1-2-22-20(24-17-11-14-25(15-12-17)19(21)26)23-13-7-8-16-27-18-9-5-3-4-6-10-18;/h17-18H,2-16H2,1H3,(H2,21,26)(H2,22,23,24);1H. The fraction of sp³-hybridized carbons (Fsp3) is 0.900. The van der Waals surface area contributed by atoms with Gasteiger partial charge in [-0.05, 0) is 45.4 Å². The maximum Gasteiger partial charge on any atom is 0.314 e. The number of urea groups is 1. The van der Waals surface area contributed by atoms with Gasteiger partial charge in [0.1, 0.15) is 0 Å². The van der Waals surface area contributed by atoms with Crippen LogP contribution in [0.15, 0.2) is 4.99 Å². The molecule has 0 atom stereocenters. The van der Waals surface area contributed by atoms with Crippen LogP contribution in [-0.4, -0.2) is 61.8 Å². The highest BCUT2D eigenvalue weighted by Crippen LogP contribution is 2.20. The van der Waals surface area contributed by atoms with Crippen LogP contribution in [0.25, 0.3) is 0 Å². The molecule has 0 aromatic rings. The van der Waals surface area contributed by atoms with Crippen LogP contribution >= 0.6 is 24.0 Å². The van der Waals surface area contributed by atoms with Crippen LogP contribution in [0.3, 0.4) is 0 Å². The first-order valence-electron chi connectivity index (χ1n) is 10.9. The van der Waals surface area contributed by atoms with Gasteiger partial charge in [0.15, 0.2) is 5.96 Å². The number of unbranched alkanes of at least 4 members (excludes halogenated alkanes) is 1. The molecule has 0 radical (unpaired) electrons. The van der Waals surface area contributed by atoms with E-state index in [4.69, 9.17) is 15.5 Å². The third-order valence-electron chi connectivity index (χ3n) is 5.47. The highest BCUT2D eigenvalue weighted by atomic mass is 127. The van der Waals surface area contributed by atoms with E-state index in [-0.39, 0.29) is 30.0 Å². The Balaban J connectivity index is 0.00000392. The monoisotopic (exact) mass is 509 g/mol. The third-order valence-corrected chi connectivity index (χ3v) is 5.47. The van der Waals surface area contributed by atoms with Crippen molar-refractivity contribution in [2.24, 2.45) is 10.7 Å². The Morgan fingerprint density at radius 1 is 1.11 bits per heavy atom. The molecule has 0 aromatic carbocycles. The number of aliphatic imine (C=N–C) groups is 1. The predicted octanol–water partition coefficient (Wildman–Crippen LogP) is 3.22. The SMILES string of the molecule is CCNC(=NCCCCOC1CCCCCC1)NC1CCN(C(N)=O)CC1.I. The Hall–Kier alpha value is -0.770. The van der Waals surface area contributed by atoms with Crippen LogP contribution in [0, 0.1) is 0 Å². The van der Waals surface area contributed by atoms with Gasteiger partial charge in [-0.2, -0.15) is 0 Å². The number of nitrogens with one attached hydrogen (secondary N) is 2. The molecular weight excluding hydrogens is 469 g/mol. The van der Waals surface area contributed by atoms with Gasteiger partial charge in [-0.15, -0.1) is 24.0 Å². The van der Waals surface area contributed by atoms with E-state index in [1.807, 2.05) is 0 Å². The molecule has 1 aliphatic heterocycles. The first kappa shape index (κ1) is 25.3. The van der Waals surface area contributed by atoms with E-state index in [0.29, 0.717) is 25.2 Å². The van der Waals surface area contributed by atoms with Gasteiger partial charge < -0.3 is 26.0 Å². The number of likely N-dealkylation sites (tertiary alicyclic amines) is 1. The summed E-state index contributed by atoms with van der Waals surface area (Å²) in [6.45, 7) is 6.01. The lowest BCUT2D eigenvalue weighted by atomic mass is 10.1. The van der Waals surface area contributed by atoms with Crippen molar-refractivity contribution in [1.29, 1.82) is 0 Å². The molecule has 2 rings (SSSR count). The number of hydrogen-bond donors (Lipinski definition) is 3. The summed E-state index contributed by atoms with van der Waals surface area (Å²) in [5.74, 6) is 0.875. The first-order chi connectivity index (χ1) is 13.2. The number of carbonyl (C=O) groups excluding carboxylic acids is 1. The number of piperidine rings is 1. The summed E-state index contributed by atoms with van der Waals surface area (Å²) >= 11 is 0. The maximum atomic E-state index is 11.2. The molecule has 2 amide bonds. The average molecular weight is 509 g/mol. The largest absolute Gasteiger partial charge is 0.378 e. The number of halogens is 1. The van der Waals surface area contributed by atoms with Gasteiger partial charge in [0.05, 0.1) is 6.10 Å². The lowest BCUT2D eigenvalue weighted by molar-refractivity contribution is 0.0413. The Morgan fingerprint density at radius 2 is 1.79 bits per heavy atom. The Bertz CT molecular complexity index is 448. The number of hydrogen-bond acceptors (Lipinski definition) is 3. The van der Waals surface area contributed by atoms with Crippen LogP contribution in [0.2, 0.25) is 0 Å². The van der Waals surface area contributed by atoms with Crippen molar-refractivity contribution in [3.63, 3.8) is 0 Å². The van der Waals surface area contributed by atoms with Gasteiger partial charge in [0.2, 0.25) is 0 Å². The van der Waals surface area contributed by atoms with E-state index >= 15 is 0 Å². The molecule has 2 fully saturated rings. The number of amides is 2. The van der Waals surface area contributed by atoms with Gasteiger partial charge in [0.25, 0.3) is 0 Å². The Labute approximate surface area is 187 Å². The highest BCUT2D eigenvalue weighted by molar-refractivity contribution is 14.0. The van der Waals surface area contributed by atoms with Gasteiger partial charge in [0, 0.05) is 38.8 Å². The van der Waals surface area contributed by atoms with Gasteiger partial charge >= 0.3 is 6.03 Å². The average Bonchev–Trinajstić information content (AvgIpc) is 2.94. The second-order valence-corrected chi connectivity index (χ2v) is 7.70. The summed E-state index contributed by atoms with van der Waals surface area (Å²) in [5.41, 5.74) is 5.34. The molecule has 7 nitrogen and oxygen atoms in total. The van der Waals surface area contributed by atoms with Gasteiger partial charge in [-0.3, -0.25) is 4.99 Å². The minimum Gasteiger partial charge on any atom is -0.378 e. The van der Waals surface area contributed by atoms with E-state index < -0.39 is 0 Å². The number of rotatable bonds is 8. The molecule has 28 heavy (non-hydrogen) atoms. The van der Waals surface area contributed by atoms with Crippen LogP contribution in [-0.2, 0) is 4.74 Å². The minimum atomic E-state index is -0.319. The minimum absolute atomic E-state index is 0. The molecule has 1 saturated heterocycles. The predicted molar refractivity (Wildman–Crippen MR) is 125 cm³/mol. The van der Waals surface area contributed by atoms with Crippen molar-refractivity contribution in [3.05, 3.63) is 0 Å². The Kier molecular flexibility index (Phi) is 13.6. The molecule has 1 heterocycles.